The van der Waals surface area contributed by atoms with Gasteiger partial charge in [0.25, 0.3) is 0 Å². The van der Waals surface area contributed by atoms with E-state index in [1.807, 2.05) is 0 Å². The second-order valence-electron chi connectivity index (χ2n) is 9.90. The lowest BCUT2D eigenvalue weighted by atomic mass is 9.79. The van der Waals surface area contributed by atoms with Crippen molar-refractivity contribution in [3.63, 3.8) is 0 Å². The van der Waals surface area contributed by atoms with E-state index in [4.69, 9.17) is 11.5 Å². The Morgan fingerprint density at radius 1 is 0.950 bits per heavy atom. The van der Waals surface area contributed by atoms with Gasteiger partial charge in [0.1, 0.15) is 11.4 Å². The monoisotopic (exact) mass is 565 g/mol. The number of hydrogen-bond donors (Lipinski definition) is 4. The van der Waals surface area contributed by atoms with Gasteiger partial charge in [0.2, 0.25) is 0 Å². The van der Waals surface area contributed by atoms with Crippen LogP contribution in [-0.4, -0.2) is 24.0 Å². The lowest BCUT2D eigenvalue weighted by Gasteiger charge is -2.39. The molecule has 214 valence electrons. The maximum Gasteiger partial charge on any atom is 0.573 e. The van der Waals surface area contributed by atoms with Crippen molar-refractivity contribution in [2.24, 2.45) is 22.4 Å². The summed E-state index contributed by atoms with van der Waals surface area (Å²) >= 11 is 0. The van der Waals surface area contributed by atoms with Crippen LogP contribution in [0.3, 0.4) is 0 Å². The van der Waals surface area contributed by atoms with Crippen LogP contribution in [0.2, 0.25) is 0 Å². The van der Waals surface area contributed by atoms with Gasteiger partial charge in [0.15, 0.2) is 5.96 Å². The Hall–Kier alpha value is -3.69. The summed E-state index contributed by atoms with van der Waals surface area (Å²) in [5.41, 5.74) is 11.0. The molecule has 12 heteroatoms. The van der Waals surface area contributed by atoms with E-state index in [2.05, 4.69) is 32.2 Å². The van der Waals surface area contributed by atoms with Gasteiger partial charge in [-0.25, -0.2) is 4.99 Å². The molecule has 1 saturated carbocycles. The van der Waals surface area contributed by atoms with Crippen LogP contribution in [0.5, 0.6) is 5.75 Å². The Balaban J connectivity index is 1.62. The standard InChI is InChI=1S/C28H29F6N5O/c29-27(30,31)23-7-3-1-5-19(23)11-12-21-17-38-25(39-26(21,36)15-18-9-13-22(35)14-10-18)37-16-20-6-2-4-8-24(20)40-28(32,33)34/h1-8,17-18,22H,9-10,13-16,35-36H2,(H2,37,38,39). The lowest BCUT2D eigenvalue weighted by Crippen LogP contribution is -2.63. The van der Waals surface area contributed by atoms with Gasteiger partial charge < -0.3 is 26.8 Å². The zero-order valence-corrected chi connectivity index (χ0v) is 21.4. The number of rotatable bonds is 5. The van der Waals surface area contributed by atoms with Crippen molar-refractivity contribution >= 4 is 5.96 Å². The molecule has 2 aromatic rings. The van der Waals surface area contributed by atoms with Gasteiger partial charge in [-0.2, -0.15) is 13.2 Å². The minimum atomic E-state index is -4.86. The van der Waals surface area contributed by atoms with Gasteiger partial charge in [-0.15, -0.1) is 13.2 Å². The highest BCUT2D eigenvalue weighted by Gasteiger charge is 2.37. The molecule has 0 bridgehead atoms. The van der Waals surface area contributed by atoms with E-state index in [-0.39, 0.29) is 41.3 Å². The highest BCUT2D eigenvalue weighted by atomic mass is 19.4. The van der Waals surface area contributed by atoms with Crippen LogP contribution in [0, 0.1) is 17.8 Å². The molecule has 0 amide bonds. The maximum atomic E-state index is 13.5. The first kappa shape index (κ1) is 29.3. The van der Waals surface area contributed by atoms with Gasteiger partial charge in [0, 0.05) is 23.4 Å². The predicted octanol–water partition coefficient (Wildman–Crippen LogP) is 5.15. The number of aliphatic imine (C=N–C) groups is 1. The quantitative estimate of drug-likeness (QED) is 0.297. The van der Waals surface area contributed by atoms with Crippen LogP contribution in [0.1, 0.15) is 48.8 Å². The zero-order valence-electron chi connectivity index (χ0n) is 21.4. The minimum absolute atomic E-state index is 0.107. The molecule has 6 nitrogen and oxygen atoms in total. The lowest BCUT2D eigenvalue weighted by molar-refractivity contribution is -0.274. The molecule has 1 heterocycles. The Morgan fingerprint density at radius 2 is 1.62 bits per heavy atom. The molecule has 1 fully saturated rings. The molecule has 2 aliphatic rings. The molecule has 0 aromatic heterocycles. The first-order valence-electron chi connectivity index (χ1n) is 12.7. The van der Waals surface area contributed by atoms with Crippen molar-refractivity contribution in [2.75, 3.05) is 0 Å². The molecule has 1 unspecified atom stereocenters. The molecule has 0 saturated heterocycles. The molecule has 0 radical (unpaired) electrons. The van der Waals surface area contributed by atoms with Crippen molar-refractivity contribution < 1.29 is 31.1 Å². The molecule has 0 spiro atoms. The Morgan fingerprint density at radius 3 is 2.33 bits per heavy atom. The Labute approximate surface area is 227 Å². The second kappa shape index (κ2) is 11.8. The summed E-state index contributed by atoms with van der Waals surface area (Å²) in [6.45, 7) is -0.163. The number of alkyl halides is 6. The van der Waals surface area contributed by atoms with E-state index >= 15 is 0 Å². The summed E-state index contributed by atoms with van der Waals surface area (Å²) in [5.74, 6) is 5.39. The van der Waals surface area contributed by atoms with E-state index in [0.717, 1.165) is 31.7 Å². The number of guanidine groups is 1. The summed E-state index contributed by atoms with van der Waals surface area (Å²) in [6.07, 6.45) is -4.29. The van der Waals surface area contributed by atoms with Gasteiger partial charge >= 0.3 is 12.5 Å². The van der Waals surface area contributed by atoms with Crippen molar-refractivity contribution in [3.8, 4) is 17.6 Å². The fraction of sp³-hybridized carbons (Fsp3) is 0.393. The topological polar surface area (TPSA) is 97.7 Å². The first-order valence-corrected chi connectivity index (χ1v) is 12.7. The molecule has 1 aliphatic carbocycles. The van der Waals surface area contributed by atoms with Gasteiger partial charge in [-0.3, -0.25) is 0 Å². The molecule has 6 N–H and O–H groups in total. The Bertz CT molecular complexity index is 1320. The Kier molecular flexibility index (Phi) is 8.65. The van der Waals surface area contributed by atoms with Crippen molar-refractivity contribution in [1.82, 2.24) is 10.6 Å². The number of ether oxygens (including phenoxy) is 1. The maximum absolute atomic E-state index is 13.5. The van der Waals surface area contributed by atoms with Gasteiger partial charge in [-0.1, -0.05) is 42.2 Å². The van der Waals surface area contributed by atoms with Crippen molar-refractivity contribution in [3.05, 3.63) is 77.0 Å². The van der Waals surface area contributed by atoms with E-state index in [1.54, 1.807) is 6.07 Å². The number of hydrogen-bond acceptors (Lipinski definition) is 4. The van der Waals surface area contributed by atoms with Crippen LogP contribution in [0.15, 0.2) is 65.3 Å². The van der Waals surface area contributed by atoms with Crippen LogP contribution in [0.4, 0.5) is 26.3 Å². The highest BCUT2D eigenvalue weighted by Crippen LogP contribution is 2.34. The second-order valence-corrected chi connectivity index (χ2v) is 9.90. The van der Waals surface area contributed by atoms with E-state index in [9.17, 15) is 26.3 Å². The van der Waals surface area contributed by atoms with E-state index in [1.165, 1.54) is 42.6 Å². The molecule has 1 atom stereocenters. The van der Waals surface area contributed by atoms with E-state index < -0.39 is 23.8 Å². The summed E-state index contributed by atoms with van der Waals surface area (Å²) in [5, 5.41) is 5.96. The molecular weight excluding hydrogens is 536 g/mol. The zero-order chi connectivity index (χ0) is 29.0. The van der Waals surface area contributed by atoms with Crippen molar-refractivity contribution in [1.29, 1.82) is 0 Å². The highest BCUT2D eigenvalue weighted by molar-refractivity contribution is 5.84. The summed E-state index contributed by atoms with van der Waals surface area (Å²) in [6, 6.07) is 10.7. The fourth-order valence-corrected chi connectivity index (χ4v) is 4.82. The summed E-state index contributed by atoms with van der Waals surface area (Å²) in [4.78, 5) is 4.35. The third-order valence-corrected chi connectivity index (χ3v) is 6.85. The minimum Gasteiger partial charge on any atom is -0.405 e. The van der Waals surface area contributed by atoms with Crippen LogP contribution in [-0.2, 0) is 12.7 Å². The number of nitrogens with one attached hydrogen (secondary N) is 2. The number of benzene rings is 2. The van der Waals surface area contributed by atoms with Crippen molar-refractivity contribution in [2.45, 2.75) is 62.9 Å². The summed E-state index contributed by atoms with van der Waals surface area (Å²) in [7, 11) is 0. The normalized spacial score (nSPS) is 24.3. The molecule has 2 aromatic carbocycles. The predicted molar refractivity (Wildman–Crippen MR) is 138 cm³/mol. The number of para-hydroxylation sites is 1. The summed E-state index contributed by atoms with van der Waals surface area (Å²) < 4.78 is 82.9. The third kappa shape index (κ3) is 7.70. The average molecular weight is 566 g/mol. The van der Waals surface area contributed by atoms with Crippen LogP contribution < -0.4 is 26.8 Å². The molecule has 4 rings (SSSR count). The number of nitrogens with zero attached hydrogens (tertiary/aromatic N) is 1. The van der Waals surface area contributed by atoms with Crippen LogP contribution in [0.25, 0.3) is 0 Å². The largest absolute Gasteiger partial charge is 0.573 e. The van der Waals surface area contributed by atoms with Crippen LogP contribution >= 0.6 is 0 Å². The molecule has 40 heavy (non-hydrogen) atoms. The number of nitrogens with two attached hydrogens (primary N) is 2. The van der Waals surface area contributed by atoms with Gasteiger partial charge in [-0.05, 0) is 56.2 Å². The molecular formula is C28H29F6N5O. The average Bonchev–Trinajstić information content (AvgIpc) is 2.88. The first-order chi connectivity index (χ1) is 18.8. The fourth-order valence-electron chi connectivity index (χ4n) is 4.82. The third-order valence-electron chi connectivity index (χ3n) is 6.85. The smallest absolute Gasteiger partial charge is 0.405 e. The number of halogens is 6. The van der Waals surface area contributed by atoms with Gasteiger partial charge in [0.05, 0.1) is 17.7 Å². The molecule has 1 aliphatic heterocycles. The SMILES string of the molecule is NC1CCC(CC2(N)NC(=NCc3ccccc3OC(F)(F)F)NC=C2C#Cc2ccccc2C(F)(F)F)CC1. The van der Waals surface area contributed by atoms with E-state index in [0.29, 0.717) is 12.0 Å².